The zero-order valence-corrected chi connectivity index (χ0v) is 13.6. The molecule has 0 aliphatic heterocycles. The number of aromatic nitrogens is 4. The molecule has 120 valence electrons. The summed E-state index contributed by atoms with van der Waals surface area (Å²) in [6.45, 7) is 0. The largest absolute Gasteiger partial charge is 0.459 e. The Bertz CT molecular complexity index is 951. The Morgan fingerprint density at radius 1 is 1.12 bits per heavy atom. The minimum Gasteiger partial charge on any atom is -0.459 e. The van der Waals surface area contributed by atoms with E-state index in [1.807, 2.05) is 12.1 Å². The van der Waals surface area contributed by atoms with E-state index in [1.165, 1.54) is 11.8 Å². The molecule has 3 aromatic heterocycles. The van der Waals surface area contributed by atoms with Gasteiger partial charge in [0.05, 0.1) is 12.0 Å². The molecule has 3 heterocycles. The molecule has 0 unspecified atom stereocenters. The Labute approximate surface area is 145 Å². The highest BCUT2D eigenvalue weighted by Gasteiger charge is 2.14. The van der Waals surface area contributed by atoms with Gasteiger partial charge in [-0.05, 0) is 24.3 Å². The van der Waals surface area contributed by atoms with Gasteiger partial charge >= 0.3 is 0 Å². The van der Waals surface area contributed by atoms with Crippen LogP contribution in [0.25, 0.3) is 23.0 Å². The molecule has 0 saturated heterocycles. The molecule has 0 N–H and O–H groups in total. The first kappa shape index (κ1) is 15.0. The van der Waals surface area contributed by atoms with Gasteiger partial charge in [0.1, 0.15) is 0 Å². The maximum Gasteiger partial charge on any atom is 0.284 e. The second-order valence-electron chi connectivity index (χ2n) is 4.66. The van der Waals surface area contributed by atoms with E-state index in [9.17, 15) is 0 Å². The zero-order valence-electron chi connectivity index (χ0n) is 12.0. The van der Waals surface area contributed by atoms with Crippen molar-refractivity contribution >= 4 is 23.4 Å². The number of hydrogen-bond acceptors (Lipinski definition) is 8. The zero-order chi connectivity index (χ0) is 16.4. The molecule has 9 heteroatoms. The first-order chi connectivity index (χ1) is 11.8. The maximum absolute atomic E-state index is 5.96. The number of halogens is 1. The van der Waals surface area contributed by atoms with Crippen LogP contribution in [0.15, 0.2) is 61.2 Å². The van der Waals surface area contributed by atoms with Gasteiger partial charge in [0, 0.05) is 10.6 Å². The summed E-state index contributed by atoms with van der Waals surface area (Å²) in [6, 6.07) is 10.8. The molecule has 0 spiro atoms. The van der Waals surface area contributed by atoms with Gasteiger partial charge in [-0.2, -0.15) is 4.98 Å². The lowest BCUT2D eigenvalue weighted by Crippen LogP contribution is -1.83. The predicted molar refractivity (Wildman–Crippen MR) is 86.3 cm³/mol. The van der Waals surface area contributed by atoms with Crippen LogP contribution in [-0.4, -0.2) is 20.3 Å². The topological polar surface area (TPSA) is 91.0 Å². The lowest BCUT2D eigenvalue weighted by atomic mass is 10.2. The van der Waals surface area contributed by atoms with Crippen molar-refractivity contribution < 1.29 is 13.4 Å². The monoisotopic (exact) mass is 360 g/mol. The molecule has 0 amide bonds. The standard InChI is InChI=1S/C15H9ClN4O3S/c16-10-4-1-3-9(7-10)13-17-12(23-20-13)8-24-15-19-18-14(22-15)11-5-2-6-21-11/h1-7H,8H2. The van der Waals surface area contributed by atoms with E-state index < -0.39 is 0 Å². The normalized spacial score (nSPS) is 11.0. The Morgan fingerprint density at radius 2 is 2.08 bits per heavy atom. The number of rotatable bonds is 5. The van der Waals surface area contributed by atoms with Gasteiger partial charge in [-0.1, -0.05) is 40.7 Å². The SMILES string of the molecule is Clc1cccc(-c2noc(CSc3nnc(-c4ccco4)o3)n2)c1. The van der Waals surface area contributed by atoms with Crippen LogP contribution in [-0.2, 0) is 5.75 Å². The molecule has 7 nitrogen and oxygen atoms in total. The smallest absolute Gasteiger partial charge is 0.284 e. The molecule has 4 rings (SSSR count). The van der Waals surface area contributed by atoms with E-state index in [0.717, 1.165) is 5.56 Å². The number of hydrogen-bond donors (Lipinski definition) is 0. The van der Waals surface area contributed by atoms with Crippen molar-refractivity contribution in [1.29, 1.82) is 0 Å². The highest BCUT2D eigenvalue weighted by atomic mass is 35.5. The number of nitrogens with zero attached hydrogens (tertiary/aromatic N) is 4. The number of furan rings is 1. The molecule has 0 bridgehead atoms. The fraction of sp³-hybridized carbons (Fsp3) is 0.0667. The minimum atomic E-state index is 0.327. The van der Waals surface area contributed by atoms with Crippen LogP contribution in [0, 0.1) is 0 Å². The first-order valence-corrected chi connectivity index (χ1v) is 8.23. The van der Waals surface area contributed by atoms with Gasteiger partial charge in [0.15, 0.2) is 5.76 Å². The molecule has 0 aliphatic rings. The first-order valence-electron chi connectivity index (χ1n) is 6.86. The van der Waals surface area contributed by atoms with Crippen molar-refractivity contribution in [3.05, 3.63) is 53.6 Å². The van der Waals surface area contributed by atoms with Gasteiger partial charge in [-0.15, -0.1) is 10.2 Å². The molecule has 0 radical (unpaired) electrons. The number of thioether (sulfide) groups is 1. The van der Waals surface area contributed by atoms with Crippen LogP contribution >= 0.6 is 23.4 Å². The summed E-state index contributed by atoms with van der Waals surface area (Å²) in [6.07, 6.45) is 1.54. The second kappa shape index (κ2) is 6.50. The van der Waals surface area contributed by atoms with Gasteiger partial charge in [-0.25, -0.2) is 0 Å². The maximum atomic E-state index is 5.96. The second-order valence-corrected chi connectivity index (χ2v) is 6.02. The van der Waals surface area contributed by atoms with Gasteiger partial charge in [0.25, 0.3) is 11.1 Å². The fourth-order valence-corrected chi connectivity index (χ4v) is 2.74. The Balaban J connectivity index is 1.43. The van der Waals surface area contributed by atoms with E-state index in [-0.39, 0.29) is 0 Å². The predicted octanol–water partition coefficient (Wildman–Crippen LogP) is 4.33. The molecule has 0 saturated carbocycles. The van der Waals surface area contributed by atoms with Crippen LogP contribution in [0.5, 0.6) is 0 Å². The quantitative estimate of drug-likeness (QED) is 0.486. The third-order valence-electron chi connectivity index (χ3n) is 3.01. The van der Waals surface area contributed by atoms with Crippen LogP contribution < -0.4 is 0 Å². The van der Waals surface area contributed by atoms with E-state index in [2.05, 4.69) is 20.3 Å². The van der Waals surface area contributed by atoms with E-state index in [0.29, 0.717) is 39.4 Å². The lowest BCUT2D eigenvalue weighted by molar-refractivity contribution is 0.390. The molecule has 1 aromatic carbocycles. The van der Waals surface area contributed by atoms with Crippen molar-refractivity contribution in [3.63, 3.8) is 0 Å². The van der Waals surface area contributed by atoms with Gasteiger partial charge in [0.2, 0.25) is 11.7 Å². The van der Waals surface area contributed by atoms with Crippen molar-refractivity contribution in [2.24, 2.45) is 0 Å². The molecular weight excluding hydrogens is 352 g/mol. The van der Waals surface area contributed by atoms with Crippen molar-refractivity contribution in [1.82, 2.24) is 20.3 Å². The van der Waals surface area contributed by atoms with Crippen molar-refractivity contribution in [2.75, 3.05) is 0 Å². The minimum absolute atomic E-state index is 0.327. The summed E-state index contributed by atoms with van der Waals surface area (Å²) in [7, 11) is 0. The molecule has 4 aromatic rings. The molecule has 0 atom stereocenters. The highest BCUT2D eigenvalue weighted by molar-refractivity contribution is 7.98. The third kappa shape index (κ3) is 3.19. The van der Waals surface area contributed by atoms with E-state index in [4.69, 9.17) is 25.0 Å². The van der Waals surface area contributed by atoms with Crippen molar-refractivity contribution in [3.8, 4) is 23.0 Å². The Kier molecular flexibility index (Phi) is 4.06. The molecule has 0 aliphatic carbocycles. The Hall–Kier alpha value is -2.58. The van der Waals surface area contributed by atoms with Gasteiger partial charge < -0.3 is 13.4 Å². The summed E-state index contributed by atoms with van der Waals surface area (Å²) in [5, 5.41) is 12.8. The Morgan fingerprint density at radius 3 is 2.92 bits per heavy atom. The highest BCUT2D eigenvalue weighted by Crippen LogP contribution is 2.26. The van der Waals surface area contributed by atoms with Gasteiger partial charge in [-0.3, -0.25) is 0 Å². The molecular formula is C15H9ClN4O3S. The third-order valence-corrected chi connectivity index (χ3v) is 4.05. The molecule has 0 fully saturated rings. The summed E-state index contributed by atoms with van der Waals surface area (Å²) < 4.78 is 15.9. The molecule has 24 heavy (non-hydrogen) atoms. The van der Waals surface area contributed by atoms with Crippen LogP contribution in [0.1, 0.15) is 5.89 Å². The summed E-state index contributed by atoms with van der Waals surface area (Å²) in [5.74, 6) is 2.19. The average molecular weight is 361 g/mol. The van der Waals surface area contributed by atoms with Crippen LogP contribution in [0.3, 0.4) is 0 Å². The summed E-state index contributed by atoms with van der Waals surface area (Å²) in [5.41, 5.74) is 0.792. The lowest BCUT2D eigenvalue weighted by Gasteiger charge is -1.93. The summed E-state index contributed by atoms with van der Waals surface area (Å²) in [4.78, 5) is 4.33. The van der Waals surface area contributed by atoms with E-state index in [1.54, 1.807) is 30.5 Å². The van der Waals surface area contributed by atoms with E-state index >= 15 is 0 Å². The van der Waals surface area contributed by atoms with Crippen molar-refractivity contribution in [2.45, 2.75) is 11.0 Å². The number of benzene rings is 1. The average Bonchev–Trinajstić information content (AvgIpc) is 3.33. The van der Waals surface area contributed by atoms with Crippen LogP contribution in [0.2, 0.25) is 5.02 Å². The summed E-state index contributed by atoms with van der Waals surface area (Å²) >= 11 is 7.26. The van der Waals surface area contributed by atoms with Crippen LogP contribution in [0.4, 0.5) is 0 Å². The fourth-order valence-electron chi connectivity index (χ4n) is 1.95.